The highest BCUT2D eigenvalue weighted by molar-refractivity contribution is 7.92. The highest BCUT2D eigenvalue weighted by Gasteiger charge is 2.24. The maximum absolute atomic E-state index is 12.5. The van der Waals surface area contributed by atoms with Crippen molar-refractivity contribution in [2.75, 3.05) is 4.72 Å². The lowest BCUT2D eigenvalue weighted by atomic mass is 9.81. The van der Waals surface area contributed by atoms with E-state index in [0.717, 1.165) is 0 Å². The molecule has 5 N–H and O–H groups in total. The van der Waals surface area contributed by atoms with Crippen LogP contribution in [-0.4, -0.2) is 54.4 Å². The van der Waals surface area contributed by atoms with Crippen LogP contribution in [0.3, 0.4) is 0 Å². The number of ether oxygens (including phenoxy) is 1. The second kappa shape index (κ2) is 10.0. The predicted molar refractivity (Wildman–Crippen MR) is 118 cm³/mol. The summed E-state index contributed by atoms with van der Waals surface area (Å²) < 4.78 is 32.5. The molecule has 0 aliphatic heterocycles. The lowest BCUT2D eigenvalue weighted by molar-refractivity contribution is -0.139. The lowest BCUT2D eigenvalue weighted by Gasteiger charge is -2.22. The molecule has 1 amide bonds. The monoisotopic (exact) mass is 464 g/mol. The Morgan fingerprint density at radius 2 is 1.59 bits per heavy atom. The average Bonchev–Trinajstić information content (AvgIpc) is 2.67. The average molecular weight is 464 g/mol. The van der Waals surface area contributed by atoms with Crippen molar-refractivity contribution < 1.29 is 37.9 Å². The first-order valence-corrected chi connectivity index (χ1v) is 11.1. The van der Waals surface area contributed by atoms with Gasteiger partial charge in [-0.2, -0.15) is 0 Å². The van der Waals surface area contributed by atoms with E-state index in [-0.39, 0.29) is 22.5 Å². The van der Waals surface area contributed by atoms with Gasteiger partial charge in [0.05, 0.1) is 4.90 Å². The molecule has 0 unspecified atom stereocenters. The van der Waals surface area contributed by atoms with Gasteiger partial charge in [0.1, 0.15) is 11.6 Å². The van der Waals surface area contributed by atoms with Gasteiger partial charge in [-0.15, -0.1) is 0 Å². The fourth-order valence-electron chi connectivity index (χ4n) is 2.63. The molecule has 12 heteroatoms. The zero-order chi connectivity index (χ0) is 24.1. The van der Waals surface area contributed by atoms with Crippen LogP contribution in [0.25, 0.3) is 0 Å². The summed E-state index contributed by atoms with van der Waals surface area (Å²) in [6.07, 6.45) is -0.888. The minimum Gasteiger partial charge on any atom is -0.480 e. The Morgan fingerprint density at radius 1 is 1.03 bits per heavy atom. The van der Waals surface area contributed by atoms with Gasteiger partial charge in [0.2, 0.25) is 0 Å². The number of carboxylic acid groups (broad SMARTS) is 1. The van der Waals surface area contributed by atoms with E-state index in [2.05, 4.69) is 10.0 Å². The Kier molecular flexibility index (Phi) is 7.89. The number of sulfonamides is 1. The van der Waals surface area contributed by atoms with Crippen molar-refractivity contribution in [3.63, 3.8) is 0 Å². The van der Waals surface area contributed by atoms with E-state index in [0.29, 0.717) is 5.56 Å². The number of hydrogen-bond acceptors (Lipinski definition) is 7. The standard InChI is InChI=1S/C20H25BN2O8S/c1-20(2,3)31-19(26)22-17(18(24)25)12-13-4-8-15(9-5-13)23-32(29,30)16-10-6-14(7-11-16)21(27)28/h4-11,17,23,27-28H,12H2,1-3H3,(H,22,26)(H,24,25)/t17-/m0/s1. The van der Waals surface area contributed by atoms with Crippen molar-refractivity contribution in [1.82, 2.24) is 5.32 Å². The number of amides is 1. The molecule has 0 saturated heterocycles. The molecule has 2 rings (SSSR count). The molecule has 10 nitrogen and oxygen atoms in total. The Hall–Kier alpha value is -3.09. The van der Waals surface area contributed by atoms with Crippen molar-refractivity contribution in [1.29, 1.82) is 0 Å². The number of carboxylic acids is 1. The number of benzene rings is 2. The Morgan fingerprint density at radius 3 is 2.06 bits per heavy atom. The van der Waals surface area contributed by atoms with E-state index >= 15 is 0 Å². The molecule has 0 saturated carbocycles. The van der Waals surface area contributed by atoms with Gasteiger partial charge in [0.25, 0.3) is 10.0 Å². The van der Waals surface area contributed by atoms with Crippen LogP contribution in [0.4, 0.5) is 10.5 Å². The third-order valence-corrected chi connectivity index (χ3v) is 5.52. The largest absolute Gasteiger partial charge is 0.488 e. The number of nitrogens with one attached hydrogen (secondary N) is 2. The number of rotatable bonds is 8. The first-order valence-electron chi connectivity index (χ1n) is 9.57. The number of carbonyl (C=O) groups excluding carboxylic acids is 1. The molecule has 1 atom stereocenters. The van der Waals surface area contributed by atoms with Gasteiger partial charge in [-0.05, 0) is 56.1 Å². The molecule has 0 heterocycles. The summed E-state index contributed by atoms with van der Waals surface area (Å²) in [6.45, 7) is 4.98. The second-order valence-electron chi connectivity index (χ2n) is 7.99. The Balaban J connectivity index is 2.06. The molecule has 0 bridgehead atoms. The molecule has 0 aromatic heterocycles. The van der Waals surface area contributed by atoms with Crippen LogP contribution >= 0.6 is 0 Å². The maximum atomic E-state index is 12.5. The molecular formula is C20H25BN2O8S. The first kappa shape index (κ1) is 25.2. The quantitative estimate of drug-likeness (QED) is 0.357. The smallest absolute Gasteiger partial charge is 0.480 e. The van der Waals surface area contributed by atoms with E-state index in [1.54, 1.807) is 20.8 Å². The number of hydrogen-bond donors (Lipinski definition) is 5. The van der Waals surface area contributed by atoms with E-state index in [4.69, 9.17) is 14.8 Å². The molecule has 0 fully saturated rings. The minimum absolute atomic E-state index is 0.0352. The third kappa shape index (κ3) is 7.55. The molecule has 2 aromatic carbocycles. The summed E-state index contributed by atoms with van der Waals surface area (Å²) in [5.41, 5.74) is 0.176. The van der Waals surface area contributed by atoms with Gasteiger partial charge in [0.15, 0.2) is 0 Å². The molecule has 0 aliphatic carbocycles. The van der Waals surface area contributed by atoms with Crippen molar-refractivity contribution in [2.24, 2.45) is 0 Å². The summed E-state index contributed by atoms with van der Waals surface area (Å²) in [4.78, 5) is 23.3. The normalized spacial score (nSPS) is 12.5. The number of anilines is 1. The Labute approximate surface area is 186 Å². The predicted octanol–water partition coefficient (Wildman–Crippen LogP) is 0.688. The van der Waals surface area contributed by atoms with Gasteiger partial charge in [-0.3, -0.25) is 4.72 Å². The zero-order valence-electron chi connectivity index (χ0n) is 17.8. The van der Waals surface area contributed by atoms with E-state index < -0.39 is 40.8 Å². The fraction of sp³-hybridized carbons (Fsp3) is 0.300. The van der Waals surface area contributed by atoms with E-state index in [1.807, 2.05) is 0 Å². The van der Waals surface area contributed by atoms with Gasteiger partial charge in [-0.25, -0.2) is 18.0 Å². The van der Waals surface area contributed by atoms with Gasteiger partial charge < -0.3 is 25.2 Å². The zero-order valence-corrected chi connectivity index (χ0v) is 18.6. The van der Waals surface area contributed by atoms with E-state index in [9.17, 15) is 23.1 Å². The summed E-state index contributed by atoms with van der Waals surface area (Å²) >= 11 is 0. The van der Waals surface area contributed by atoms with Crippen LogP contribution in [0.5, 0.6) is 0 Å². The fourth-order valence-corrected chi connectivity index (χ4v) is 3.69. The SMILES string of the molecule is CC(C)(C)OC(=O)N[C@@H](Cc1ccc(NS(=O)(=O)c2ccc(B(O)O)cc2)cc1)C(=O)O. The van der Waals surface area contributed by atoms with Crippen molar-refractivity contribution in [3.8, 4) is 0 Å². The van der Waals surface area contributed by atoms with Crippen molar-refractivity contribution in [2.45, 2.75) is 43.7 Å². The Bertz CT molecular complexity index is 1050. The molecule has 172 valence electrons. The molecule has 0 radical (unpaired) electrons. The van der Waals surface area contributed by atoms with Gasteiger partial charge in [-0.1, -0.05) is 24.3 Å². The van der Waals surface area contributed by atoms with Gasteiger partial charge >= 0.3 is 19.2 Å². The maximum Gasteiger partial charge on any atom is 0.488 e. The lowest BCUT2D eigenvalue weighted by Crippen LogP contribution is -2.44. The molecule has 32 heavy (non-hydrogen) atoms. The van der Waals surface area contributed by atoms with Gasteiger partial charge in [0, 0.05) is 12.1 Å². The molecule has 2 aromatic rings. The molecular weight excluding hydrogens is 439 g/mol. The van der Waals surface area contributed by atoms with Crippen molar-refractivity contribution >= 4 is 40.4 Å². The minimum atomic E-state index is -3.92. The van der Waals surface area contributed by atoms with E-state index in [1.165, 1.54) is 48.5 Å². The molecule has 0 spiro atoms. The summed E-state index contributed by atoms with van der Waals surface area (Å²) in [7, 11) is -5.62. The summed E-state index contributed by atoms with van der Waals surface area (Å²) in [5, 5.41) is 29.9. The number of aliphatic carboxylic acids is 1. The van der Waals surface area contributed by atoms with Crippen LogP contribution in [0.15, 0.2) is 53.4 Å². The van der Waals surface area contributed by atoms with Crippen LogP contribution in [0.2, 0.25) is 0 Å². The summed E-state index contributed by atoms with van der Waals surface area (Å²) in [6, 6.07) is 9.82. The van der Waals surface area contributed by atoms with Crippen LogP contribution in [0.1, 0.15) is 26.3 Å². The summed E-state index contributed by atoms with van der Waals surface area (Å²) in [5.74, 6) is -1.24. The molecule has 0 aliphatic rings. The topological polar surface area (TPSA) is 162 Å². The number of carbonyl (C=O) groups is 2. The first-order chi connectivity index (χ1) is 14.8. The highest BCUT2D eigenvalue weighted by Crippen LogP contribution is 2.17. The third-order valence-electron chi connectivity index (χ3n) is 4.12. The van der Waals surface area contributed by atoms with Crippen molar-refractivity contribution in [3.05, 3.63) is 54.1 Å². The van der Waals surface area contributed by atoms with Crippen LogP contribution in [0, 0.1) is 0 Å². The second-order valence-corrected chi connectivity index (χ2v) is 9.67. The number of alkyl carbamates (subject to hydrolysis) is 1. The highest BCUT2D eigenvalue weighted by atomic mass is 32.2. The van der Waals surface area contributed by atoms with Crippen LogP contribution < -0.4 is 15.5 Å². The van der Waals surface area contributed by atoms with Crippen LogP contribution in [-0.2, 0) is 26.0 Å².